The van der Waals surface area contributed by atoms with Gasteiger partial charge in [-0.15, -0.1) is 12.4 Å². The topological polar surface area (TPSA) is 42.9 Å². The monoisotopic (exact) mass is 296 g/mol. The van der Waals surface area contributed by atoms with Crippen LogP contribution < -0.4 is 14.8 Å². The summed E-state index contributed by atoms with van der Waals surface area (Å²) in [5, 5.41) is 3.36. The third-order valence-electron chi connectivity index (χ3n) is 2.94. The van der Waals surface area contributed by atoms with Crippen LogP contribution >= 0.6 is 12.4 Å². The maximum absolute atomic E-state index is 5.35. The van der Waals surface area contributed by atoms with E-state index in [1.165, 1.54) is 5.56 Å². The molecule has 1 aromatic rings. The predicted octanol–water partition coefficient (Wildman–Crippen LogP) is 3.05. The molecule has 110 valence electrons. The lowest BCUT2D eigenvalue weighted by atomic mass is 10.0. The standard InChI is InChI=1S/C15H20N2O2.ClH/c1-10(2)17-15-9-12-8-14(19-4)13(18-3)7-11(12)5-6-16-15;/h5-8,10H,9H2,1-4H3,(H,16,17);1H. The molecule has 0 aliphatic carbocycles. The highest BCUT2D eigenvalue weighted by Crippen LogP contribution is 2.32. The quantitative estimate of drug-likeness (QED) is 0.932. The number of nitrogens with one attached hydrogen (secondary N) is 1. The predicted molar refractivity (Wildman–Crippen MR) is 85.2 cm³/mol. The fourth-order valence-corrected chi connectivity index (χ4v) is 2.10. The van der Waals surface area contributed by atoms with E-state index in [4.69, 9.17) is 9.47 Å². The number of benzene rings is 1. The SMILES string of the molecule is COc1cc2c(cc1OC)CC(NC(C)C)=NC=C2.Cl. The first-order valence-electron chi connectivity index (χ1n) is 6.38. The van der Waals surface area contributed by atoms with E-state index >= 15 is 0 Å². The summed E-state index contributed by atoms with van der Waals surface area (Å²) in [4.78, 5) is 4.43. The molecular weight excluding hydrogens is 276 g/mol. The van der Waals surface area contributed by atoms with Crippen molar-refractivity contribution in [2.45, 2.75) is 26.3 Å². The van der Waals surface area contributed by atoms with Crippen LogP contribution in [0.3, 0.4) is 0 Å². The number of rotatable bonds is 3. The molecule has 0 radical (unpaired) electrons. The lowest BCUT2D eigenvalue weighted by Gasteiger charge is -2.15. The van der Waals surface area contributed by atoms with Crippen LogP contribution in [0.1, 0.15) is 25.0 Å². The number of halogens is 1. The van der Waals surface area contributed by atoms with Gasteiger partial charge in [-0.1, -0.05) is 0 Å². The molecule has 0 unspecified atom stereocenters. The molecule has 1 aliphatic heterocycles. The summed E-state index contributed by atoms with van der Waals surface area (Å²) in [6, 6.07) is 4.37. The Balaban J connectivity index is 0.00000200. The zero-order valence-corrected chi connectivity index (χ0v) is 13.1. The minimum absolute atomic E-state index is 0. The Labute approximate surface area is 126 Å². The van der Waals surface area contributed by atoms with Crippen LogP contribution in [0.15, 0.2) is 23.3 Å². The van der Waals surface area contributed by atoms with Crippen molar-refractivity contribution < 1.29 is 9.47 Å². The molecule has 0 saturated heterocycles. The Kier molecular flexibility index (Phi) is 5.89. The summed E-state index contributed by atoms with van der Waals surface area (Å²) in [5.41, 5.74) is 2.29. The Morgan fingerprint density at radius 3 is 2.40 bits per heavy atom. The van der Waals surface area contributed by atoms with Gasteiger partial charge in [0.25, 0.3) is 0 Å². The van der Waals surface area contributed by atoms with Crippen molar-refractivity contribution in [2.75, 3.05) is 14.2 Å². The van der Waals surface area contributed by atoms with Gasteiger partial charge < -0.3 is 14.8 Å². The molecule has 0 spiro atoms. The van der Waals surface area contributed by atoms with Crippen molar-refractivity contribution in [3.8, 4) is 11.5 Å². The first-order valence-corrected chi connectivity index (χ1v) is 6.38. The number of nitrogens with zero attached hydrogens (tertiary/aromatic N) is 1. The number of amidine groups is 1. The van der Waals surface area contributed by atoms with Crippen molar-refractivity contribution in [3.63, 3.8) is 0 Å². The number of aliphatic imine (C=N–C) groups is 1. The fourth-order valence-electron chi connectivity index (χ4n) is 2.10. The molecule has 2 rings (SSSR count). The first kappa shape index (κ1) is 16.4. The van der Waals surface area contributed by atoms with E-state index in [2.05, 4.69) is 24.2 Å². The highest BCUT2D eigenvalue weighted by atomic mass is 35.5. The molecule has 1 aromatic carbocycles. The first-order chi connectivity index (χ1) is 9.13. The molecule has 0 aromatic heterocycles. The van der Waals surface area contributed by atoms with E-state index in [-0.39, 0.29) is 12.4 Å². The van der Waals surface area contributed by atoms with Gasteiger partial charge in [0.2, 0.25) is 0 Å². The highest BCUT2D eigenvalue weighted by molar-refractivity contribution is 5.88. The molecule has 1 heterocycles. The van der Waals surface area contributed by atoms with Crippen LogP contribution in [0.25, 0.3) is 6.08 Å². The van der Waals surface area contributed by atoms with Crippen molar-refractivity contribution in [3.05, 3.63) is 29.5 Å². The highest BCUT2D eigenvalue weighted by Gasteiger charge is 2.13. The number of methoxy groups -OCH3 is 2. The molecule has 0 atom stereocenters. The van der Waals surface area contributed by atoms with Gasteiger partial charge in [-0.3, -0.25) is 0 Å². The second-order valence-electron chi connectivity index (χ2n) is 4.77. The maximum Gasteiger partial charge on any atom is 0.161 e. The largest absolute Gasteiger partial charge is 0.493 e. The summed E-state index contributed by atoms with van der Waals surface area (Å²) in [6.45, 7) is 4.21. The van der Waals surface area contributed by atoms with Gasteiger partial charge >= 0.3 is 0 Å². The Morgan fingerprint density at radius 2 is 1.80 bits per heavy atom. The molecule has 0 fully saturated rings. The molecule has 0 bridgehead atoms. The third kappa shape index (κ3) is 3.67. The van der Waals surface area contributed by atoms with Crippen molar-refractivity contribution in [1.29, 1.82) is 0 Å². The molecule has 4 nitrogen and oxygen atoms in total. The summed E-state index contributed by atoms with van der Waals surface area (Å²) in [6.07, 6.45) is 4.58. The van der Waals surface area contributed by atoms with Crippen molar-refractivity contribution in [1.82, 2.24) is 5.32 Å². The second kappa shape index (κ2) is 7.20. The normalized spacial score (nSPS) is 12.9. The van der Waals surface area contributed by atoms with Gasteiger partial charge in [0, 0.05) is 18.7 Å². The Bertz CT molecular complexity index is 525. The number of hydrogen-bond acceptors (Lipinski definition) is 4. The number of hydrogen-bond donors (Lipinski definition) is 1. The minimum Gasteiger partial charge on any atom is -0.493 e. The van der Waals surface area contributed by atoms with Crippen LogP contribution in [0.5, 0.6) is 11.5 Å². The average molecular weight is 297 g/mol. The van der Waals surface area contributed by atoms with Crippen LogP contribution in [-0.2, 0) is 6.42 Å². The molecule has 0 saturated carbocycles. The molecule has 1 aliphatic rings. The zero-order chi connectivity index (χ0) is 13.8. The van der Waals surface area contributed by atoms with E-state index < -0.39 is 0 Å². The van der Waals surface area contributed by atoms with Gasteiger partial charge in [-0.2, -0.15) is 0 Å². The summed E-state index contributed by atoms with van der Waals surface area (Å²) in [5.74, 6) is 2.46. The zero-order valence-electron chi connectivity index (χ0n) is 12.3. The van der Waals surface area contributed by atoms with E-state index in [1.807, 2.05) is 24.4 Å². The molecular formula is C15H21ClN2O2. The molecule has 0 amide bonds. The lowest BCUT2D eigenvalue weighted by molar-refractivity contribution is 0.354. The maximum atomic E-state index is 5.35. The van der Waals surface area contributed by atoms with Crippen LogP contribution in [-0.4, -0.2) is 26.1 Å². The summed E-state index contributed by atoms with van der Waals surface area (Å²) >= 11 is 0. The van der Waals surface area contributed by atoms with E-state index in [1.54, 1.807) is 14.2 Å². The van der Waals surface area contributed by atoms with Gasteiger partial charge in [0.05, 0.1) is 14.2 Å². The van der Waals surface area contributed by atoms with E-state index in [9.17, 15) is 0 Å². The summed E-state index contributed by atoms with van der Waals surface area (Å²) in [7, 11) is 3.30. The Morgan fingerprint density at radius 1 is 1.15 bits per heavy atom. The number of fused-ring (bicyclic) bond motifs is 1. The molecule has 1 N–H and O–H groups in total. The van der Waals surface area contributed by atoms with Crippen LogP contribution in [0.4, 0.5) is 0 Å². The average Bonchev–Trinajstić information content (AvgIpc) is 2.57. The van der Waals surface area contributed by atoms with Crippen molar-refractivity contribution in [2.24, 2.45) is 4.99 Å². The molecule has 20 heavy (non-hydrogen) atoms. The fraction of sp³-hybridized carbons (Fsp3) is 0.400. The number of ether oxygens (including phenoxy) is 2. The van der Waals surface area contributed by atoms with Gasteiger partial charge in [-0.05, 0) is 43.2 Å². The van der Waals surface area contributed by atoms with E-state index in [0.717, 1.165) is 29.3 Å². The van der Waals surface area contributed by atoms with Gasteiger partial charge in [0.15, 0.2) is 11.5 Å². The van der Waals surface area contributed by atoms with Gasteiger partial charge in [0.1, 0.15) is 5.84 Å². The minimum atomic E-state index is 0. The Hall–Kier alpha value is -1.68. The van der Waals surface area contributed by atoms with Crippen LogP contribution in [0, 0.1) is 0 Å². The van der Waals surface area contributed by atoms with E-state index in [0.29, 0.717) is 6.04 Å². The van der Waals surface area contributed by atoms with Gasteiger partial charge in [-0.25, -0.2) is 4.99 Å². The van der Waals surface area contributed by atoms with Crippen molar-refractivity contribution >= 4 is 24.3 Å². The summed E-state index contributed by atoms with van der Waals surface area (Å²) < 4.78 is 10.7. The third-order valence-corrected chi connectivity index (χ3v) is 2.94. The lowest BCUT2D eigenvalue weighted by Crippen LogP contribution is -2.31. The van der Waals surface area contributed by atoms with Crippen LogP contribution in [0.2, 0.25) is 0 Å². The second-order valence-corrected chi connectivity index (χ2v) is 4.77. The molecule has 5 heteroatoms. The smallest absolute Gasteiger partial charge is 0.161 e.